The molecule has 1 unspecified atom stereocenters. The fourth-order valence-electron chi connectivity index (χ4n) is 0.967. The van der Waals surface area contributed by atoms with Gasteiger partial charge in [0.1, 0.15) is 0 Å². The lowest BCUT2D eigenvalue weighted by Crippen LogP contribution is -1.88. The van der Waals surface area contributed by atoms with Crippen molar-refractivity contribution >= 4 is 0 Å². The Balaban J connectivity index is 3.84. The van der Waals surface area contributed by atoms with E-state index in [9.17, 15) is 0 Å². The van der Waals surface area contributed by atoms with Crippen molar-refractivity contribution in [1.29, 1.82) is 0 Å². The molecule has 0 heterocycles. The van der Waals surface area contributed by atoms with Gasteiger partial charge in [0.15, 0.2) is 0 Å². The summed E-state index contributed by atoms with van der Waals surface area (Å²) in [5, 5.41) is 0. The lowest BCUT2D eigenvalue weighted by Gasteiger charge is -2.01. The Bertz CT molecular complexity index is 136. The first-order chi connectivity index (χ1) is 4.85. The number of hydrogen-bond donors (Lipinski definition) is 0. The Labute approximate surface area is 64.0 Å². The molecule has 0 aliphatic rings. The van der Waals surface area contributed by atoms with E-state index in [1.165, 1.54) is 12.8 Å². The third-order valence-electron chi connectivity index (χ3n) is 1.39. The van der Waals surface area contributed by atoms with Gasteiger partial charge in [0.2, 0.25) is 0 Å². The fraction of sp³-hybridized carbons (Fsp3) is 0.500. The van der Waals surface area contributed by atoms with Crippen molar-refractivity contribution in [3.63, 3.8) is 0 Å². The van der Waals surface area contributed by atoms with Crippen LogP contribution in [0.1, 0.15) is 26.7 Å². The Kier molecular flexibility index (Phi) is 5.91. The van der Waals surface area contributed by atoms with E-state index in [0.717, 1.165) is 0 Å². The molecule has 0 aliphatic carbocycles. The van der Waals surface area contributed by atoms with Crippen LogP contribution in [-0.4, -0.2) is 0 Å². The molecule has 1 atom stereocenters. The first-order valence-corrected chi connectivity index (χ1v) is 3.83. The summed E-state index contributed by atoms with van der Waals surface area (Å²) in [7, 11) is 0. The highest BCUT2D eigenvalue weighted by atomic mass is 14.0. The lowest BCUT2D eigenvalue weighted by molar-refractivity contribution is 0.691. The van der Waals surface area contributed by atoms with Crippen LogP contribution in [0.25, 0.3) is 0 Å². The van der Waals surface area contributed by atoms with E-state index in [-0.39, 0.29) is 0 Å². The zero-order valence-corrected chi connectivity index (χ0v) is 6.93. The van der Waals surface area contributed by atoms with Crippen LogP contribution in [0.15, 0.2) is 30.5 Å². The predicted octanol–water partition coefficient (Wildman–Crippen LogP) is 3.32. The molecule has 0 saturated heterocycles. The molecule has 0 nitrogen and oxygen atoms in total. The monoisotopic (exact) mass is 136 g/mol. The third-order valence-corrected chi connectivity index (χ3v) is 1.39. The summed E-state index contributed by atoms with van der Waals surface area (Å²) in [6.07, 6.45) is 8.69. The molecule has 0 aromatic rings. The van der Waals surface area contributed by atoms with Crippen LogP contribution < -0.4 is 0 Å². The molecule has 56 valence electrons. The molecule has 0 aromatic carbocycles. The van der Waals surface area contributed by atoms with Gasteiger partial charge in [-0.15, -0.1) is 5.73 Å². The molecule has 0 aromatic heterocycles. The summed E-state index contributed by atoms with van der Waals surface area (Å²) >= 11 is 0. The first-order valence-electron chi connectivity index (χ1n) is 3.83. The van der Waals surface area contributed by atoms with Crippen LogP contribution in [0.2, 0.25) is 0 Å². The smallest absolute Gasteiger partial charge is 0.00220 e. The highest BCUT2D eigenvalue weighted by Gasteiger charge is 1.94. The molecule has 0 amide bonds. The van der Waals surface area contributed by atoms with Crippen LogP contribution >= 0.6 is 0 Å². The third kappa shape index (κ3) is 4.17. The number of rotatable bonds is 4. The maximum Gasteiger partial charge on any atom is 0.00220 e. The van der Waals surface area contributed by atoms with Crippen molar-refractivity contribution in [1.82, 2.24) is 0 Å². The molecule has 0 radical (unpaired) electrons. The van der Waals surface area contributed by atoms with Gasteiger partial charge in [-0.1, -0.05) is 32.1 Å². The minimum Gasteiger partial charge on any atom is -0.132 e. The average molecular weight is 136 g/mol. The summed E-state index contributed by atoms with van der Waals surface area (Å²) in [4.78, 5) is 0. The van der Waals surface area contributed by atoms with Crippen molar-refractivity contribution < 1.29 is 0 Å². The van der Waals surface area contributed by atoms with Gasteiger partial charge in [0, 0.05) is 5.92 Å². The van der Waals surface area contributed by atoms with E-state index in [1.54, 1.807) is 0 Å². The second kappa shape index (κ2) is 6.38. The van der Waals surface area contributed by atoms with Crippen LogP contribution in [0, 0.1) is 5.92 Å². The van der Waals surface area contributed by atoms with Crippen molar-refractivity contribution in [2.45, 2.75) is 26.7 Å². The second-order valence-corrected chi connectivity index (χ2v) is 2.35. The van der Waals surface area contributed by atoms with Gasteiger partial charge >= 0.3 is 0 Å². The minimum absolute atomic E-state index is 0.549. The molecule has 0 N–H and O–H groups in total. The van der Waals surface area contributed by atoms with E-state index in [4.69, 9.17) is 0 Å². The molecular formula is C10H16. The SMILES string of the molecule is C=C=CC(C=CC)CCC. The van der Waals surface area contributed by atoms with E-state index in [0.29, 0.717) is 5.92 Å². The molecule has 0 rings (SSSR count). The highest BCUT2D eigenvalue weighted by molar-refractivity contribution is 4.97. The Morgan fingerprint density at radius 1 is 1.60 bits per heavy atom. The van der Waals surface area contributed by atoms with E-state index in [2.05, 4.69) is 31.4 Å². The van der Waals surface area contributed by atoms with E-state index >= 15 is 0 Å². The van der Waals surface area contributed by atoms with Crippen molar-refractivity contribution in [2.75, 3.05) is 0 Å². The quantitative estimate of drug-likeness (QED) is 0.411. The standard InChI is InChI=1S/C10H16/c1-4-7-10(8-5-2)9-6-3/h5,7-8,10H,1,6,9H2,2-3H3. The van der Waals surface area contributed by atoms with Gasteiger partial charge in [-0.05, 0) is 19.4 Å². The molecule has 0 heteroatoms. The predicted molar refractivity (Wildman–Crippen MR) is 46.9 cm³/mol. The molecule has 0 saturated carbocycles. The Morgan fingerprint density at radius 3 is 2.70 bits per heavy atom. The largest absolute Gasteiger partial charge is 0.132 e. The minimum atomic E-state index is 0.549. The number of hydrogen-bond acceptors (Lipinski definition) is 0. The van der Waals surface area contributed by atoms with Crippen molar-refractivity contribution in [2.24, 2.45) is 5.92 Å². The number of allylic oxidation sites excluding steroid dienone is 3. The highest BCUT2D eigenvalue weighted by Crippen LogP contribution is 2.08. The van der Waals surface area contributed by atoms with Gasteiger partial charge in [-0.3, -0.25) is 0 Å². The van der Waals surface area contributed by atoms with Crippen LogP contribution in [0.3, 0.4) is 0 Å². The summed E-state index contributed by atoms with van der Waals surface area (Å²) in [6, 6.07) is 0. The maximum absolute atomic E-state index is 3.55. The lowest BCUT2D eigenvalue weighted by atomic mass is 10.0. The Hall–Kier alpha value is -0.740. The topological polar surface area (TPSA) is 0 Å². The molecular weight excluding hydrogens is 120 g/mol. The van der Waals surface area contributed by atoms with Crippen LogP contribution in [0.5, 0.6) is 0 Å². The summed E-state index contributed by atoms with van der Waals surface area (Å²) in [6.45, 7) is 7.78. The second-order valence-electron chi connectivity index (χ2n) is 2.35. The molecule has 0 spiro atoms. The molecule has 0 bridgehead atoms. The zero-order chi connectivity index (χ0) is 7.82. The van der Waals surface area contributed by atoms with Gasteiger partial charge in [0.05, 0.1) is 0 Å². The molecule has 0 fully saturated rings. The van der Waals surface area contributed by atoms with Crippen LogP contribution in [0.4, 0.5) is 0 Å². The summed E-state index contributed by atoms with van der Waals surface area (Å²) in [5.74, 6) is 0.549. The Morgan fingerprint density at radius 2 is 2.30 bits per heavy atom. The zero-order valence-electron chi connectivity index (χ0n) is 6.93. The van der Waals surface area contributed by atoms with Crippen molar-refractivity contribution in [3.8, 4) is 0 Å². The van der Waals surface area contributed by atoms with Gasteiger partial charge in [0.25, 0.3) is 0 Å². The maximum atomic E-state index is 3.55. The van der Waals surface area contributed by atoms with E-state index in [1.807, 2.05) is 13.0 Å². The summed E-state index contributed by atoms with van der Waals surface area (Å²) in [5.41, 5.74) is 2.81. The van der Waals surface area contributed by atoms with Gasteiger partial charge in [-0.25, -0.2) is 0 Å². The van der Waals surface area contributed by atoms with Crippen molar-refractivity contribution in [3.05, 3.63) is 30.5 Å². The van der Waals surface area contributed by atoms with Gasteiger partial charge < -0.3 is 0 Å². The normalized spacial score (nSPS) is 13.0. The van der Waals surface area contributed by atoms with E-state index < -0.39 is 0 Å². The summed E-state index contributed by atoms with van der Waals surface area (Å²) < 4.78 is 0. The van der Waals surface area contributed by atoms with Crippen LogP contribution in [-0.2, 0) is 0 Å². The fourth-order valence-corrected chi connectivity index (χ4v) is 0.967. The molecule has 10 heavy (non-hydrogen) atoms. The molecule has 0 aliphatic heterocycles. The van der Waals surface area contributed by atoms with Gasteiger partial charge in [-0.2, -0.15) is 0 Å². The average Bonchev–Trinajstić information content (AvgIpc) is 1.90. The first kappa shape index (κ1) is 9.26.